The van der Waals surface area contributed by atoms with E-state index in [0.29, 0.717) is 6.54 Å². The number of amides is 1. The van der Waals surface area contributed by atoms with Crippen LogP contribution >= 0.6 is 11.3 Å². The number of carbonyl (C=O) groups excluding carboxylic acids is 1. The lowest BCUT2D eigenvalue weighted by Gasteiger charge is -2.09. The molecule has 1 saturated heterocycles. The smallest absolute Gasteiger partial charge is 0.261 e. The normalized spacial score (nSPS) is 17.3. The molecule has 6 heteroatoms. The summed E-state index contributed by atoms with van der Waals surface area (Å²) in [5.41, 5.74) is 3.14. The molecule has 1 N–H and O–H groups in total. The minimum Gasteiger partial charge on any atom is -0.376 e. The molecule has 3 aromatic rings. The van der Waals surface area contributed by atoms with Crippen LogP contribution in [0.3, 0.4) is 0 Å². The highest BCUT2D eigenvalue weighted by Gasteiger charge is 2.20. The van der Waals surface area contributed by atoms with Crippen LogP contribution in [0.2, 0.25) is 0 Å². The molecule has 4 rings (SSSR count). The van der Waals surface area contributed by atoms with E-state index in [2.05, 4.69) is 29.5 Å². The Morgan fingerprint density at radius 2 is 2.24 bits per heavy atom. The molecule has 1 aliphatic heterocycles. The van der Waals surface area contributed by atoms with Crippen molar-refractivity contribution in [1.82, 2.24) is 15.1 Å². The molecule has 1 fully saturated rings. The third kappa shape index (κ3) is 3.07. The zero-order valence-corrected chi connectivity index (χ0v) is 15.2. The summed E-state index contributed by atoms with van der Waals surface area (Å²) in [6, 6.07) is 10.1. The Bertz CT molecular complexity index is 922. The molecule has 0 radical (unpaired) electrons. The Hall–Kier alpha value is -2.18. The number of carbonyl (C=O) groups is 1. The first-order valence-electron chi connectivity index (χ1n) is 8.58. The van der Waals surface area contributed by atoms with Gasteiger partial charge in [0, 0.05) is 18.5 Å². The molecule has 0 bridgehead atoms. The number of fused-ring (bicyclic) bond motifs is 1. The third-order valence-electron chi connectivity index (χ3n) is 4.63. The minimum absolute atomic E-state index is 0.0348. The number of nitrogens with one attached hydrogen (secondary N) is 1. The van der Waals surface area contributed by atoms with Crippen LogP contribution in [0.1, 0.15) is 33.8 Å². The molecule has 25 heavy (non-hydrogen) atoms. The van der Waals surface area contributed by atoms with Crippen molar-refractivity contribution >= 4 is 27.5 Å². The molecule has 0 spiro atoms. The quantitative estimate of drug-likeness (QED) is 0.778. The second-order valence-corrected chi connectivity index (χ2v) is 7.49. The van der Waals surface area contributed by atoms with Gasteiger partial charge < -0.3 is 10.1 Å². The van der Waals surface area contributed by atoms with Crippen LogP contribution in [0.25, 0.3) is 15.9 Å². The van der Waals surface area contributed by atoms with E-state index in [-0.39, 0.29) is 12.0 Å². The second kappa shape index (κ2) is 6.61. The molecule has 1 aromatic carbocycles. The predicted octanol–water partition coefficient (Wildman–Crippen LogP) is 3.61. The van der Waals surface area contributed by atoms with Crippen LogP contribution in [-0.2, 0) is 4.74 Å². The first-order chi connectivity index (χ1) is 12.1. The van der Waals surface area contributed by atoms with Gasteiger partial charge in [0.15, 0.2) is 0 Å². The second-order valence-electron chi connectivity index (χ2n) is 6.46. The summed E-state index contributed by atoms with van der Waals surface area (Å²) < 4.78 is 7.51. The molecular formula is C19H21N3O2S. The van der Waals surface area contributed by atoms with Crippen LogP contribution in [-0.4, -0.2) is 34.9 Å². The molecule has 5 nitrogen and oxygen atoms in total. The number of thiophene rings is 1. The molecule has 1 aliphatic rings. The lowest BCUT2D eigenvalue weighted by atomic mass is 10.2. The average Bonchev–Trinajstić information content (AvgIpc) is 3.32. The fourth-order valence-corrected chi connectivity index (χ4v) is 4.31. The molecule has 1 atom stereocenters. The summed E-state index contributed by atoms with van der Waals surface area (Å²) in [6.45, 7) is 5.43. The van der Waals surface area contributed by atoms with Crippen molar-refractivity contribution in [3.63, 3.8) is 0 Å². The maximum atomic E-state index is 12.5. The van der Waals surface area contributed by atoms with Crippen molar-refractivity contribution in [2.45, 2.75) is 32.8 Å². The van der Waals surface area contributed by atoms with E-state index in [1.54, 1.807) is 0 Å². The maximum Gasteiger partial charge on any atom is 0.261 e. The first-order valence-corrected chi connectivity index (χ1v) is 9.40. The van der Waals surface area contributed by atoms with Gasteiger partial charge in [-0.1, -0.05) is 18.2 Å². The summed E-state index contributed by atoms with van der Waals surface area (Å²) in [6.07, 6.45) is 2.26. The van der Waals surface area contributed by atoms with Gasteiger partial charge in [-0.2, -0.15) is 5.10 Å². The summed E-state index contributed by atoms with van der Waals surface area (Å²) in [4.78, 5) is 14.2. The van der Waals surface area contributed by atoms with E-state index in [0.717, 1.165) is 51.5 Å². The van der Waals surface area contributed by atoms with Gasteiger partial charge in [0.05, 0.1) is 22.4 Å². The Morgan fingerprint density at radius 3 is 3.00 bits per heavy atom. The maximum absolute atomic E-state index is 12.5. The summed E-state index contributed by atoms with van der Waals surface area (Å²) >= 11 is 1.49. The van der Waals surface area contributed by atoms with Crippen LogP contribution in [0.4, 0.5) is 0 Å². The van der Waals surface area contributed by atoms with Gasteiger partial charge >= 0.3 is 0 Å². The number of para-hydroxylation sites is 1. The van der Waals surface area contributed by atoms with Crippen LogP contribution in [0, 0.1) is 13.8 Å². The number of benzene rings is 1. The summed E-state index contributed by atoms with van der Waals surface area (Å²) in [5, 5.41) is 8.70. The van der Waals surface area contributed by atoms with Crippen LogP contribution in [0.5, 0.6) is 0 Å². The number of hydrogen-bond donors (Lipinski definition) is 1. The number of ether oxygens (including phenoxy) is 1. The number of rotatable bonds is 4. The summed E-state index contributed by atoms with van der Waals surface area (Å²) in [7, 11) is 0. The van der Waals surface area contributed by atoms with Crippen LogP contribution in [0.15, 0.2) is 30.3 Å². The SMILES string of the molecule is Cc1ccccc1-n1nc(C)c2cc(C(=O)NC[C@@H]3CCCO3)sc21. The molecule has 0 saturated carbocycles. The Morgan fingerprint density at radius 1 is 1.40 bits per heavy atom. The molecule has 130 valence electrons. The number of aryl methyl sites for hydroxylation is 2. The Kier molecular flexibility index (Phi) is 4.31. The van der Waals surface area contributed by atoms with E-state index < -0.39 is 0 Å². The molecule has 1 amide bonds. The van der Waals surface area contributed by atoms with Crippen molar-refractivity contribution in [3.05, 3.63) is 46.5 Å². The zero-order chi connectivity index (χ0) is 17.4. The van der Waals surface area contributed by atoms with Crippen molar-refractivity contribution in [2.75, 3.05) is 13.2 Å². The topological polar surface area (TPSA) is 56.2 Å². The highest BCUT2D eigenvalue weighted by Crippen LogP contribution is 2.31. The monoisotopic (exact) mass is 355 g/mol. The lowest BCUT2D eigenvalue weighted by Crippen LogP contribution is -2.31. The molecular weight excluding hydrogens is 334 g/mol. The Balaban J connectivity index is 1.63. The molecule has 0 unspecified atom stereocenters. The van der Waals surface area contributed by atoms with Crippen molar-refractivity contribution in [1.29, 1.82) is 0 Å². The van der Waals surface area contributed by atoms with Gasteiger partial charge in [-0.15, -0.1) is 11.3 Å². The van der Waals surface area contributed by atoms with Gasteiger partial charge in [0.1, 0.15) is 4.83 Å². The number of hydrogen-bond acceptors (Lipinski definition) is 4. The van der Waals surface area contributed by atoms with Gasteiger partial charge in [-0.25, -0.2) is 4.68 Å². The van der Waals surface area contributed by atoms with Gasteiger partial charge in [-0.3, -0.25) is 4.79 Å². The Labute approximate surface area is 150 Å². The number of nitrogens with zero attached hydrogens (tertiary/aromatic N) is 2. The largest absolute Gasteiger partial charge is 0.376 e. The molecule has 0 aliphatic carbocycles. The van der Waals surface area contributed by atoms with E-state index in [1.165, 1.54) is 11.3 Å². The van der Waals surface area contributed by atoms with E-state index in [1.807, 2.05) is 29.8 Å². The fraction of sp³-hybridized carbons (Fsp3) is 0.368. The van der Waals surface area contributed by atoms with Crippen molar-refractivity contribution in [3.8, 4) is 5.69 Å². The molecule has 2 aromatic heterocycles. The van der Waals surface area contributed by atoms with Gasteiger partial charge in [0.2, 0.25) is 0 Å². The zero-order valence-electron chi connectivity index (χ0n) is 14.4. The van der Waals surface area contributed by atoms with E-state index in [4.69, 9.17) is 4.74 Å². The van der Waals surface area contributed by atoms with E-state index in [9.17, 15) is 4.79 Å². The third-order valence-corrected chi connectivity index (χ3v) is 5.74. The van der Waals surface area contributed by atoms with Crippen LogP contribution < -0.4 is 5.32 Å². The first kappa shape index (κ1) is 16.3. The standard InChI is InChI=1S/C19H21N3O2S/c1-12-6-3-4-8-16(12)22-19-15(13(2)21-22)10-17(25-19)18(23)20-11-14-7-5-9-24-14/h3-4,6,8,10,14H,5,7,9,11H2,1-2H3,(H,20,23)/t14-/m0/s1. The predicted molar refractivity (Wildman–Crippen MR) is 99.7 cm³/mol. The van der Waals surface area contributed by atoms with E-state index >= 15 is 0 Å². The fourth-order valence-electron chi connectivity index (χ4n) is 3.22. The minimum atomic E-state index is -0.0348. The lowest BCUT2D eigenvalue weighted by molar-refractivity contribution is 0.0861. The average molecular weight is 355 g/mol. The van der Waals surface area contributed by atoms with Crippen molar-refractivity contribution < 1.29 is 9.53 Å². The molecule has 3 heterocycles. The highest BCUT2D eigenvalue weighted by molar-refractivity contribution is 7.20. The van der Waals surface area contributed by atoms with Gasteiger partial charge in [0.25, 0.3) is 5.91 Å². The van der Waals surface area contributed by atoms with Gasteiger partial charge in [-0.05, 0) is 44.4 Å². The summed E-state index contributed by atoms with van der Waals surface area (Å²) in [5.74, 6) is -0.0348. The van der Waals surface area contributed by atoms with Crippen molar-refractivity contribution in [2.24, 2.45) is 0 Å². The highest BCUT2D eigenvalue weighted by atomic mass is 32.1. The number of aromatic nitrogens is 2.